The minimum Gasteiger partial charge on any atom is -0.480 e. The summed E-state index contributed by atoms with van der Waals surface area (Å²) in [6.45, 7) is 6.33. The molecule has 3 atom stereocenters. The largest absolute Gasteiger partial charge is 0.480 e. The number of rotatable bonds is 4. The van der Waals surface area contributed by atoms with Crippen LogP contribution in [0.25, 0.3) is 0 Å². The molecule has 6 heteroatoms. The lowest BCUT2D eigenvalue weighted by Crippen LogP contribution is -2.32. The maximum Gasteiger partial charge on any atom is 0.320 e. The predicted octanol–water partition coefficient (Wildman–Crippen LogP) is 3.31. The van der Waals surface area contributed by atoms with Gasteiger partial charge in [0.15, 0.2) is 9.84 Å². The van der Waals surface area contributed by atoms with Gasteiger partial charge in [0.2, 0.25) is 0 Å². The molecule has 27 heavy (non-hydrogen) atoms. The van der Waals surface area contributed by atoms with Crippen LogP contribution in [0.3, 0.4) is 0 Å². The number of benzene rings is 2. The lowest BCUT2D eigenvalue weighted by Gasteiger charge is -2.23. The smallest absolute Gasteiger partial charge is 0.320 e. The highest BCUT2D eigenvalue weighted by molar-refractivity contribution is 7.92. The minimum atomic E-state index is -3.67. The summed E-state index contributed by atoms with van der Waals surface area (Å²) in [5.41, 5.74) is 1.92. The minimum absolute atomic E-state index is 0.0131. The molecule has 0 saturated carbocycles. The summed E-state index contributed by atoms with van der Waals surface area (Å²) < 4.78 is 26.4. The first-order valence-electron chi connectivity index (χ1n) is 8.99. The Morgan fingerprint density at radius 1 is 1.04 bits per heavy atom. The fourth-order valence-electron chi connectivity index (χ4n) is 3.52. The van der Waals surface area contributed by atoms with E-state index in [1.807, 2.05) is 24.3 Å². The second kappa shape index (κ2) is 7.09. The molecule has 0 bridgehead atoms. The first-order chi connectivity index (χ1) is 12.6. The SMILES string of the molecule is CC(C)(C)c1ccc(C2NC(C(=O)O)CC2S(=O)(=O)c2ccccc2)cc1. The van der Waals surface area contributed by atoms with E-state index in [0.717, 1.165) is 11.1 Å². The summed E-state index contributed by atoms with van der Waals surface area (Å²) in [6.07, 6.45) is 0.0399. The van der Waals surface area contributed by atoms with E-state index in [9.17, 15) is 18.3 Å². The molecule has 0 spiro atoms. The average Bonchev–Trinajstić information content (AvgIpc) is 3.08. The van der Waals surface area contributed by atoms with Gasteiger partial charge in [-0.2, -0.15) is 0 Å². The number of nitrogens with one attached hydrogen (secondary N) is 1. The van der Waals surface area contributed by atoms with Crippen molar-refractivity contribution in [3.05, 3.63) is 65.7 Å². The third-order valence-corrected chi connectivity index (χ3v) is 7.32. The Kier molecular flexibility index (Phi) is 5.14. The first kappa shape index (κ1) is 19.6. The topological polar surface area (TPSA) is 83.5 Å². The van der Waals surface area contributed by atoms with Crippen molar-refractivity contribution in [1.82, 2.24) is 5.32 Å². The molecule has 1 saturated heterocycles. The monoisotopic (exact) mass is 387 g/mol. The molecule has 2 aromatic carbocycles. The van der Waals surface area contributed by atoms with E-state index in [1.54, 1.807) is 30.3 Å². The molecule has 1 heterocycles. The normalized spacial score (nSPS) is 23.3. The summed E-state index contributed by atoms with van der Waals surface area (Å²) in [5.74, 6) is -1.03. The maximum atomic E-state index is 13.2. The fourth-order valence-corrected chi connectivity index (χ4v) is 5.45. The Morgan fingerprint density at radius 3 is 2.15 bits per heavy atom. The van der Waals surface area contributed by atoms with Crippen molar-refractivity contribution >= 4 is 15.8 Å². The number of aliphatic carboxylic acids is 1. The standard InChI is InChI=1S/C21H25NO4S/c1-21(2,3)15-11-9-14(10-12-15)19-18(13-17(22-19)20(23)24)27(25,26)16-7-5-4-6-8-16/h4-12,17-19,22H,13H2,1-3H3,(H,23,24). The van der Waals surface area contributed by atoms with E-state index in [0.29, 0.717) is 0 Å². The van der Waals surface area contributed by atoms with Crippen LogP contribution in [0.1, 0.15) is 44.4 Å². The Bertz CT molecular complexity index is 915. The zero-order valence-corrected chi connectivity index (χ0v) is 16.5. The van der Waals surface area contributed by atoms with Crippen molar-refractivity contribution in [2.75, 3.05) is 0 Å². The van der Waals surface area contributed by atoms with Gasteiger partial charge >= 0.3 is 5.97 Å². The molecular weight excluding hydrogens is 362 g/mol. The van der Waals surface area contributed by atoms with Crippen LogP contribution < -0.4 is 5.32 Å². The number of carbonyl (C=O) groups is 1. The first-order valence-corrected chi connectivity index (χ1v) is 10.5. The molecular formula is C21H25NO4S. The highest BCUT2D eigenvalue weighted by atomic mass is 32.2. The molecule has 1 aliphatic rings. The second-order valence-electron chi connectivity index (χ2n) is 8.04. The van der Waals surface area contributed by atoms with Gasteiger partial charge in [-0.25, -0.2) is 8.42 Å². The van der Waals surface area contributed by atoms with Crippen LogP contribution in [-0.4, -0.2) is 30.8 Å². The highest BCUT2D eigenvalue weighted by Gasteiger charge is 2.45. The van der Waals surface area contributed by atoms with Gasteiger partial charge in [0, 0.05) is 0 Å². The molecule has 2 N–H and O–H groups in total. The Labute approximate surface area is 160 Å². The quantitative estimate of drug-likeness (QED) is 0.841. The average molecular weight is 388 g/mol. The molecule has 3 rings (SSSR count). The van der Waals surface area contributed by atoms with Gasteiger partial charge < -0.3 is 5.11 Å². The van der Waals surface area contributed by atoms with Crippen LogP contribution in [-0.2, 0) is 20.0 Å². The van der Waals surface area contributed by atoms with Crippen LogP contribution in [0.4, 0.5) is 0 Å². The van der Waals surface area contributed by atoms with Crippen molar-refractivity contribution in [3.8, 4) is 0 Å². The maximum absolute atomic E-state index is 13.2. The van der Waals surface area contributed by atoms with E-state index >= 15 is 0 Å². The van der Waals surface area contributed by atoms with Crippen LogP contribution in [0.5, 0.6) is 0 Å². The van der Waals surface area contributed by atoms with Crippen molar-refractivity contribution in [3.63, 3.8) is 0 Å². The van der Waals surface area contributed by atoms with Crippen LogP contribution in [0, 0.1) is 0 Å². The van der Waals surface area contributed by atoms with E-state index in [4.69, 9.17) is 0 Å². The van der Waals surface area contributed by atoms with Gasteiger partial charge in [-0.15, -0.1) is 0 Å². The molecule has 1 aliphatic heterocycles. The molecule has 0 amide bonds. The van der Waals surface area contributed by atoms with Crippen molar-refractivity contribution in [2.24, 2.45) is 0 Å². The van der Waals surface area contributed by atoms with E-state index < -0.39 is 33.1 Å². The molecule has 3 unspecified atom stereocenters. The Hall–Kier alpha value is -2.18. The molecule has 0 aromatic heterocycles. The second-order valence-corrected chi connectivity index (χ2v) is 10.2. The molecule has 0 radical (unpaired) electrons. The van der Waals surface area contributed by atoms with E-state index in [1.165, 1.54) is 0 Å². The van der Waals surface area contributed by atoms with Gasteiger partial charge in [0.1, 0.15) is 6.04 Å². The molecule has 2 aromatic rings. The summed E-state index contributed by atoms with van der Waals surface area (Å²) in [4.78, 5) is 11.7. The Balaban J connectivity index is 2.00. The van der Waals surface area contributed by atoms with Gasteiger partial charge in [-0.05, 0) is 35.1 Å². The number of sulfone groups is 1. The van der Waals surface area contributed by atoms with Gasteiger partial charge in [-0.3, -0.25) is 10.1 Å². The van der Waals surface area contributed by atoms with E-state index in [-0.39, 0.29) is 16.7 Å². The van der Waals surface area contributed by atoms with Crippen molar-refractivity contribution in [1.29, 1.82) is 0 Å². The molecule has 144 valence electrons. The highest BCUT2D eigenvalue weighted by Crippen LogP contribution is 2.36. The van der Waals surface area contributed by atoms with E-state index in [2.05, 4.69) is 26.1 Å². The lowest BCUT2D eigenvalue weighted by molar-refractivity contribution is -0.139. The van der Waals surface area contributed by atoms with Crippen LogP contribution >= 0.6 is 0 Å². The van der Waals surface area contributed by atoms with Crippen LogP contribution in [0.2, 0.25) is 0 Å². The summed E-state index contributed by atoms with van der Waals surface area (Å²) in [6, 6.07) is 14.5. The van der Waals surface area contributed by atoms with Crippen molar-refractivity contribution < 1.29 is 18.3 Å². The zero-order chi connectivity index (χ0) is 19.8. The van der Waals surface area contributed by atoms with Gasteiger partial charge in [-0.1, -0.05) is 63.2 Å². The number of carboxylic acids is 1. The summed E-state index contributed by atoms with van der Waals surface area (Å²) in [7, 11) is -3.67. The third-order valence-electron chi connectivity index (χ3n) is 5.12. The summed E-state index contributed by atoms with van der Waals surface area (Å²) in [5, 5.41) is 11.6. The van der Waals surface area contributed by atoms with Gasteiger partial charge in [0.25, 0.3) is 0 Å². The Morgan fingerprint density at radius 2 is 1.63 bits per heavy atom. The van der Waals surface area contributed by atoms with Gasteiger partial charge in [0.05, 0.1) is 16.2 Å². The fraction of sp³-hybridized carbons (Fsp3) is 0.381. The summed E-state index contributed by atoms with van der Waals surface area (Å²) >= 11 is 0. The number of hydrogen-bond acceptors (Lipinski definition) is 4. The molecule has 1 fully saturated rings. The molecule has 5 nitrogen and oxygen atoms in total. The van der Waals surface area contributed by atoms with Crippen molar-refractivity contribution in [2.45, 2.75) is 54.8 Å². The van der Waals surface area contributed by atoms with Crippen LogP contribution in [0.15, 0.2) is 59.5 Å². The lowest BCUT2D eigenvalue weighted by atomic mass is 9.86. The predicted molar refractivity (Wildman–Crippen MR) is 104 cm³/mol. The zero-order valence-electron chi connectivity index (χ0n) is 15.7. The number of carboxylic acid groups (broad SMARTS) is 1. The number of hydrogen-bond donors (Lipinski definition) is 2. The third kappa shape index (κ3) is 3.92. The molecule has 0 aliphatic carbocycles.